The third-order valence-corrected chi connectivity index (χ3v) is 23.9. The molecule has 0 spiro atoms. The van der Waals surface area contributed by atoms with Gasteiger partial charge in [-0.2, -0.15) is 0 Å². The van der Waals surface area contributed by atoms with Crippen molar-refractivity contribution in [2.75, 3.05) is 18.1 Å². The highest BCUT2D eigenvalue weighted by molar-refractivity contribution is 7.85. The first kappa shape index (κ1) is 66.0. The van der Waals surface area contributed by atoms with Crippen molar-refractivity contribution in [1.82, 2.24) is 5.32 Å². The number of carbonyl (C=O) groups is 3. The molecule has 20 heteroatoms. The number of hydrogen-bond acceptors (Lipinski definition) is 17. The van der Waals surface area contributed by atoms with E-state index in [1.807, 2.05) is 13.8 Å². The zero-order chi connectivity index (χ0) is 61.6. The first-order valence-corrected chi connectivity index (χ1v) is 35.4. The van der Waals surface area contributed by atoms with Crippen molar-refractivity contribution < 1.29 is 86.0 Å². The Morgan fingerprint density at radius 1 is 0.690 bits per heavy atom. The normalized spacial score (nSPS) is 46.1. The molecule has 11 heterocycles. The summed E-state index contributed by atoms with van der Waals surface area (Å²) in [5, 5.41) is 35.0. The van der Waals surface area contributed by atoms with Crippen molar-refractivity contribution in [2.45, 2.75) is 347 Å². The van der Waals surface area contributed by atoms with Crippen LogP contribution in [-0.2, 0) is 77.3 Å². The van der Waals surface area contributed by atoms with Crippen molar-refractivity contribution in [3.8, 4) is 0 Å². The van der Waals surface area contributed by atoms with Gasteiger partial charge in [0.25, 0.3) is 0 Å². The quantitative estimate of drug-likeness (QED) is 0.0479. The lowest BCUT2D eigenvalue weighted by Gasteiger charge is -2.60. The Morgan fingerprint density at radius 3 is 2.13 bits per heavy atom. The zero-order valence-electron chi connectivity index (χ0n) is 53.2. The SMILES string of the molecule is CCCCCCCCCCCCCC(=O)NC(CS(=O)CC(CO)CC1CC(O)C2(C)OC3CC4OC5CC6(C)OC7(C)CCC8OC9CC%10(C)OC%11C(C)=CC(=O)OC%11CC%10OC9CC(C)C8OC7CC6OC5(C)C/C=C\C4OC3CC2O1)C(=O)O. The number of nitrogens with one attached hydrogen (secondary N) is 1. The Kier molecular flexibility index (Phi) is 20.7. The summed E-state index contributed by atoms with van der Waals surface area (Å²) < 4.78 is 89.9. The first-order valence-electron chi connectivity index (χ1n) is 33.9. The number of carbonyl (C=O) groups excluding carboxylic acids is 2. The lowest BCUT2D eigenvalue weighted by atomic mass is 9.72. The molecule has 9 saturated heterocycles. The molecule has 4 N–H and O–H groups in total. The molecule has 19 nitrogen and oxygen atoms in total. The molecule has 0 aromatic heterocycles. The van der Waals surface area contributed by atoms with E-state index in [-0.39, 0.29) is 128 Å². The molecule has 1 amide bonds. The molecule has 26 atom stereocenters. The molecule has 0 aliphatic carbocycles. The summed E-state index contributed by atoms with van der Waals surface area (Å²) in [6, 6.07) is -1.30. The number of aliphatic hydroxyl groups is 2. The highest BCUT2D eigenvalue weighted by Crippen LogP contribution is 2.55. The summed E-state index contributed by atoms with van der Waals surface area (Å²) in [7, 11) is -1.67. The van der Waals surface area contributed by atoms with Gasteiger partial charge in [0, 0.05) is 80.6 Å². The number of amides is 1. The summed E-state index contributed by atoms with van der Waals surface area (Å²) in [6.07, 6.45) is 19.7. The minimum atomic E-state index is -1.67. The topological polar surface area (TPSA) is 243 Å². The molecule has 0 aromatic rings. The van der Waals surface area contributed by atoms with Gasteiger partial charge in [-0.25, -0.2) is 9.59 Å². The number of hydrogen-bond donors (Lipinski definition) is 4. The summed E-state index contributed by atoms with van der Waals surface area (Å²) >= 11 is 0. The zero-order valence-corrected chi connectivity index (χ0v) is 54.1. The fourth-order valence-corrected chi connectivity index (χ4v) is 18.6. The number of aliphatic carboxylic acids is 1. The molecule has 0 bridgehead atoms. The van der Waals surface area contributed by atoms with Crippen molar-refractivity contribution in [3.63, 3.8) is 0 Å². The van der Waals surface area contributed by atoms with E-state index in [0.29, 0.717) is 57.8 Å². The maximum Gasteiger partial charge on any atom is 0.331 e. The van der Waals surface area contributed by atoms with Crippen LogP contribution in [0, 0.1) is 11.8 Å². The molecule has 11 aliphatic heterocycles. The van der Waals surface area contributed by atoms with Crippen LogP contribution in [0.15, 0.2) is 23.8 Å². The van der Waals surface area contributed by atoms with Crippen LogP contribution in [-0.4, -0.2) is 193 Å². The van der Waals surface area contributed by atoms with E-state index in [1.54, 1.807) is 0 Å². The number of carboxylic acids is 1. The first-order chi connectivity index (χ1) is 41.5. The Balaban J connectivity index is 0.664. The standard InChI is InChI=1S/C67H105NO18S/c1-9-10-11-12-13-14-15-16-17-18-19-22-58(71)68-43(62(73)74)38-87(75)37-41(36-69)28-42-29-52(70)67(8)56(76-42)31-48-49(83-67)30-47-44(77-48)21-20-24-63(4)57(80-47)35-66(7)55(84-63)33-54-64(5,86-66)25-23-45-60(82-54)39(2)26-46-51(78-45)34-65(6)53(79-46)32-50-61(85-65)40(3)27-59(72)81-50/h20-21,27,39,41-57,60-61,69-70H,9-19,22-26,28-38H2,1-8H3,(H,68,71)(H,73,74)/b21-20-. The van der Waals surface area contributed by atoms with Crippen molar-refractivity contribution in [2.24, 2.45) is 11.8 Å². The van der Waals surface area contributed by atoms with Gasteiger partial charge in [-0.3, -0.25) is 9.00 Å². The van der Waals surface area contributed by atoms with Crippen LogP contribution in [0.1, 0.15) is 209 Å². The van der Waals surface area contributed by atoms with E-state index in [4.69, 9.17) is 52.1 Å². The van der Waals surface area contributed by atoms with Crippen LogP contribution >= 0.6 is 0 Å². The summed E-state index contributed by atoms with van der Waals surface area (Å²) in [5.74, 6) is -2.54. The number of unbranched alkanes of at least 4 members (excludes halogenated alkanes) is 10. The molecule has 26 unspecified atom stereocenters. The van der Waals surface area contributed by atoms with Crippen molar-refractivity contribution in [3.05, 3.63) is 23.8 Å². The highest BCUT2D eigenvalue weighted by Gasteiger charge is 2.64. The summed E-state index contributed by atoms with van der Waals surface area (Å²) in [6.45, 7) is 16.6. The Labute approximate surface area is 518 Å². The fourth-order valence-electron chi connectivity index (χ4n) is 17.1. The van der Waals surface area contributed by atoms with Gasteiger partial charge in [0.1, 0.15) is 30.0 Å². The largest absolute Gasteiger partial charge is 0.480 e. The molecule has 11 aliphatic rings. The van der Waals surface area contributed by atoms with E-state index in [1.165, 1.54) is 51.0 Å². The van der Waals surface area contributed by atoms with Gasteiger partial charge >= 0.3 is 11.9 Å². The van der Waals surface area contributed by atoms with Gasteiger partial charge in [-0.1, -0.05) is 90.2 Å². The van der Waals surface area contributed by atoms with Gasteiger partial charge in [-0.15, -0.1) is 0 Å². The molecule has 9 fully saturated rings. The van der Waals surface area contributed by atoms with Crippen molar-refractivity contribution in [1.29, 1.82) is 0 Å². The highest BCUT2D eigenvalue weighted by atomic mass is 32.2. The van der Waals surface area contributed by atoms with E-state index in [0.717, 1.165) is 44.1 Å². The predicted octanol–water partition coefficient (Wildman–Crippen LogP) is 8.34. The predicted molar refractivity (Wildman–Crippen MR) is 322 cm³/mol. The number of rotatable bonds is 21. The Morgan fingerprint density at radius 2 is 1.39 bits per heavy atom. The Hall–Kier alpha value is -2.44. The molecule has 11 rings (SSSR count). The Bertz CT molecular complexity index is 2500. The van der Waals surface area contributed by atoms with Crippen LogP contribution < -0.4 is 5.32 Å². The maximum atomic E-state index is 13.5. The van der Waals surface area contributed by atoms with Gasteiger partial charge < -0.3 is 72.7 Å². The number of ether oxygens (including phenoxy) is 11. The van der Waals surface area contributed by atoms with Crippen LogP contribution in [0.5, 0.6) is 0 Å². The summed E-state index contributed by atoms with van der Waals surface area (Å²) in [5.41, 5.74) is -2.77. The smallest absolute Gasteiger partial charge is 0.331 e. The molecule has 87 heavy (non-hydrogen) atoms. The van der Waals surface area contributed by atoms with Gasteiger partial charge in [0.05, 0.1) is 114 Å². The molecule has 0 radical (unpaired) electrons. The van der Waals surface area contributed by atoms with E-state index >= 15 is 0 Å². The van der Waals surface area contributed by atoms with Crippen LogP contribution in [0.4, 0.5) is 0 Å². The van der Waals surface area contributed by atoms with Gasteiger partial charge in [0.15, 0.2) is 0 Å². The second-order valence-corrected chi connectivity index (χ2v) is 31.1. The maximum absolute atomic E-state index is 13.5. The van der Waals surface area contributed by atoms with Crippen molar-refractivity contribution >= 4 is 28.6 Å². The van der Waals surface area contributed by atoms with Gasteiger partial charge in [0.2, 0.25) is 5.91 Å². The third-order valence-electron chi connectivity index (χ3n) is 22.4. The minimum absolute atomic E-state index is 0.0189. The van der Waals surface area contributed by atoms with E-state index in [2.05, 4.69) is 59.0 Å². The van der Waals surface area contributed by atoms with Crippen LogP contribution in [0.2, 0.25) is 0 Å². The van der Waals surface area contributed by atoms with Gasteiger partial charge in [-0.05, 0) is 97.5 Å². The number of fused-ring (bicyclic) bond motifs is 10. The number of carboxylic acid groups (broad SMARTS) is 1. The molecule has 492 valence electrons. The minimum Gasteiger partial charge on any atom is -0.480 e. The molecule has 0 aromatic carbocycles. The lowest BCUT2D eigenvalue weighted by Crippen LogP contribution is -2.70. The van der Waals surface area contributed by atoms with Crippen LogP contribution in [0.25, 0.3) is 0 Å². The number of aliphatic hydroxyl groups excluding tert-OH is 2. The monoisotopic (exact) mass is 1240 g/mol. The number of esters is 1. The van der Waals surface area contributed by atoms with Crippen LogP contribution in [0.3, 0.4) is 0 Å². The summed E-state index contributed by atoms with van der Waals surface area (Å²) in [4.78, 5) is 37.3. The average molecular weight is 1240 g/mol. The van der Waals surface area contributed by atoms with E-state index in [9.17, 15) is 33.9 Å². The lowest BCUT2D eigenvalue weighted by molar-refractivity contribution is -0.356. The second kappa shape index (κ2) is 27.3. The average Bonchev–Trinajstić information content (AvgIpc) is 1.72. The fraction of sp³-hybridized carbons (Fsp3) is 0.896. The second-order valence-electron chi connectivity index (χ2n) is 29.5. The van der Waals surface area contributed by atoms with E-state index < -0.39 is 81.1 Å². The molecule has 0 saturated carbocycles. The molecular weight excluding hydrogens is 1140 g/mol. The molecular formula is C67H105NO18S. The third kappa shape index (κ3) is 14.4.